The monoisotopic (exact) mass is 418 g/mol. The lowest BCUT2D eigenvalue weighted by molar-refractivity contribution is -0.384. The van der Waals surface area contributed by atoms with Crippen molar-refractivity contribution in [1.29, 1.82) is 0 Å². The molecular formula is C22H18N4O3S. The van der Waals surface area contributed by atoms with E-state index >= 15 is 0 Å². The summed E-state index contributed by atoms with van der Waals surface area (Å²) in [4.78, 5) is 27.2. The Morgan fingerprint density at radius 2 is 1.57 bits per heavy atom. The van der Waals surface area contributed by atoms with Gasteiger partial charge in [0.2, 0.25) is 0 Å². The van der Waals surface area contributed by atoms with Crippen molar-refractivity contribution in [3.05, 3.63) is 88.5 Å². The van der Waals surface area contributed by atoms with Crippen molar-refractivity contribution in [3.63, 3.8) is 0 Å². The summed E-state index contributed by atoms with van der Waals surface area (Å²) in [6, 6.07) is 21.7. The van der Waals surface area contributed by atoms with Crippen LogP contribution in [-0.2, 0) is 4.79 Å². The van der Waals surface area contributed by atoms with Crippen LogP contribution in [0, 0.1) is 10.1 Å². The van der Waals surface area contributed by atoms with Crippen molar-refractivity contribution in [2.24, 2.45) is 5.10 Å². The minimum Gasteiger partial charge on any atom is -0.300 e. The molecule has 0 spiro atoms. The van der Waals surface area contributed by atoms with Crippen molar-refractivity contribution >= 4 is 40.4 Å². The minimum atomic E-state index is -0.445. The van der Waals surface area contributed by atoms with Gasteiger partial charge in [-0.1, -0.05) is 36.0 Å². The Balaban J connectivity index is 1.50. The summed E-state index contributed by atoms with van der Waals surface area (Å²) in [5, 5.41) is 15.0. The lowest BCUT2D eigenvalue weighted by atomic mass is 10.1. The summed E-state index contributed by atoms with van der Waals surface area (Å²) >= 11 is 1.64. The van der Waals surface area contributed by atoms with Crippen LogP contribution in [0.2, 0.25) is 0 Å². The van der Waals surface area contributed by atoms with Crippen LogP contribution in [0.15, 0.2) is 87.7 Å². The molecule has 8 heteroatoms. The predicted octanol–water partition coefficient (Wildman–Crippen LogP) is 4.74. The maximum absolute atomic E-state index is 13.1. The molecule has 0 unspecified atom stereocenters. The molecule has 0 aromatic heterocycles. The van der Waals surface area contributed by atoms with Crippen LogP contribution in [0.3, 0.4) is 0 Å². The molecule has 0 bridgehead atoms. The van der Waals surface area contributed by atoms with Crippen LogP contribution in [0.5, 0.6) is 0 Å². The van der Waals surface area contributed by atoms with Crippen molar-refractivity contribution in [2.75, 3.05) is 11.4 Å². The number of nitro benzene ring substituents is 1. The molecule has 150 valence electrons. The first kappa shape index (κ1) is 19.7. The first-order valence-corrected chi connectivity index (χ1v) is 10.1. The Hall–Kier alpha value is -3.65. The Labute approximate surface area is 177 Å². The van der Waals surface area contributed by atoms with Gasteiger partial charge in [-0.15, -0.1) is 0 Å². The Kier molecular flexibility index (Phi) is 5.49. The average Bonchev–Trinajstić information content (AvgIpc) is 2.77. The fraction of sp³-hybridized carbons (Fsp3) is 0.0909. The summed E-state index contributed by atoms with van der Waals surface area (Å²) in [7, 11) is 0. The number of fused-ring (bicyclic) bond motifs is 2. The molecule has 0 fully saturated rings. The lowest BCUT2D eigenvalue weighted by Gasteiger charge is -2.30. The number of rotatable bonds is 5. The molecular weight excluding hydrogens is 400 g/mol. The van der Waals surface area contributed by atoms with E-state index in [1.54, 1.807) is 35.7 Å². The van der Waals surface area contributed by atoms with Gasteiger partial charge in [0, 0.05) is 21.9 Å². The predicted molar refractivity (Wildman–Crippen MR) is 117 cm³/mol. The quantitative estimate of drug-likeness (QED) is 0.367. The van der Waals surface area contributed by atoms with Crippen LogP contribution in [0.4, 0.5) is 17.1 Å². The van der Waals surface area contributed by atoms with E-state index in [-0.39, 0.29) is 18.1 Å². The van der Waals surface area contributed by atoms with E-state index in [0.29, 0.717) is 5.71 Å². The number of carbonyl (C=O) groups excluding carboxylic acids is 1. The molecule has 1 aliphatic rings. The maximum Gasteiger partial charge on any atom is 0.269 e. The van der Waals surface area contributed by atoms with Crippen LogP contribution < -0.4 is 10.3 Å². The number of hydrogen-bond donors (Lipinski definition) is 1. The number of hydrazone groups is 1. The first-order chi connectivity index (χ1) is 14.5. The molecule has 0 saturated carbocycles. The molecule has 30 heavy (non-hydrogen) atoms. The number of amides is 1. The van der Waals surface area contributed by atoms with Gasteiger partial charge in [-0.2, -0.15) is 5.10 Å². The number of nitrogens with one attached hydrogen (secondary N) is 1. The number of nitro groups is 1. The van der Waals surface area contributed by atoms with E-state index in [2.05, 4.69) is 10.5 Å². The number of para-hydroxylation sites is 2. The number of nitrogens with zero attached hydrogens (tertiary/aromatic N) is 3. The summed E-state index contributed by atoms with van der Waals surface area (Å²) in [6.07, 6.45) is 0. The third-order valence-electron chi connectivity index (χ3n) is 4.65. The number of non-ortho nitro benzene ring substituents is 1. The topological polar surface area (TPSA) is 87.8 Å². The van der Waals surface area contributed by atoms with Gasteiger partial charge in [-0.3, -0.25) is 19.8 Å². The highest BCUT2D eigenvalue weighted by atomic mass is 32.2. The van der Waals surface area contributed by atoms with E-state index in [1.807, 2.05) is 48.5 Å². The number of carbonyl (C=O) groups is 1. The van der Waals surface area contributed by atoms with Crippen LogP contribution in [-0.4, -0.2) is 23.1 Å². The van der Waals surface area contributed by atoms with Crippen LogP contribution in [0.1, 0.15) is 12.5 Å². The molecule has 1 N–H and O–H groups in total. The normalized spacial score (nSPS) is 12.7. The van der Waals surface area contributed by atoms with E-state index in [1.165, 1.54) is 12.1 Å². The van der Waals surface area contributed by atoms with E-state index in [4.69, 9.17) is 0 Å². The second kappa shape index (κ2) is 8.38. The van der Waals surface area contributed by atoms with Gasteiger partial charge in [-0.05, 0) is 48.9 Å². The third kappa shape index (κ3) is 3.90. The fourth-order valence-corrected chi connectivity index (χ4v) is 4.22. The van der Waals surface area contributed by atoms with Gasteiger partial charge < -0.3 is 5.43 Å². The summed E-state index contributed by atoms with van der Waals surface area (Å²) in [5.41, 5.74) is 5.93. The molecule has 0 saturated heterocycles. The molecule has 0 aliphatic carbocycles. The Morgan fingerprint density at radius 3 is 2.13 bits per heavy atom. The van der Waals surface area contributed by atoms with Gasteiger partial charge in [0.1, 0.15) is 6.54 Å². The highest BCUT2D eigenvalue weighted by Crippen LogP contribution is 2.47. The number of anilines is 2. The van der Waals surface area contributed by atoms with E-state index < -0.39 is 4.92 Å². The first-order valence-electron chi connectivity index (χ1n) is 9.25. The molecule has 0 atom stereocenters. The fourth-order valence-electron chi connectivity index (χ4n) is 3.17. The zero-order valence-corrected chi connectivity index (χ0v) is 16.9. The average molecular weight is 418 g/mol. The van der Waals surface area contributed by atoms with Crippen LogP contribution >= 0.6 is 11.8 Å². The molecule has 0 radical (unpaired) electrons. The molecule has 1 heterocycles. The second-order valence-corrected chi connectivity index (χ2v) is 7.69. The van der Waals surface area contributed by atoms with Crippen molar-refractivity contribution < 1.29 is 9.72 Å². The van der Waals surface area contributed by atoms with Crippen LogP contribution in [0.25, 0.3) is 0 Å². The molecule has 7 nitrogen and oxygen atoms in total. The van der Waals surface area contributed by atoms with Crippen molar-refractivity contribution in [1.82, 2.24) is 5.43 Å². The Bertz CT molecular complexity index is 1100. The van der Waals surface area contributed by atoms with E-state index in [0.717, 1.165) is 26.7 Å². The zero-order chi connectivity index (χ0) is 21.1. The van der Waals surface area contributed by atoms with E-state index in [9.17, 15) is 14.9 Å². The van der Waals surface area contributed by atoms with Crippen molar-refractivity contribution in [2.45, 2.75) is 16.7 Å². The number of hydrogen-bond acceptors (Lipinski definition) is 6. The van der Waals surface area contributed by atoms with Gasteiger partial charge in [-0.25, -0.2) is 0 Å². The minimum absolute atomic E-state index is 0.0116. The molecule has 4 rings (SSSR count). The summed E-state index contributed by atoms with van der Waals surface area (Å²) in [6.45, 7) is 1.79. The van der Waals surface area contributed by atoms with Gasteiger partial charge in [0.25, 0.3) is 11.6 Å². The van der Waals surface area contributed by atoms with Gasteiger partial charge in [0.15, 0.2) is 0 Å². The summed E-state index contributed by atoms with van der Waals surface area (Å²) < 4.78 is 0. The van der Waals surface area contributed by atoms with Crippen molar-refractivity contribution in [3.8, 4) is 0 Å². The molecule has 1 amide bonds. The maximum atomic E-state index is 13.1. The smallest absolute Gasteiger partial charge is 0.269 e. The largest absolute Gasteiger partial charge is 0.300 e. The Morgan fingerprint density at radius 1 is 1.00 bits per heavy atom. The zero-order valence-electron chi connectivity index (χ0n) is 16.1. The SMILES string of the molecule is C/C(=N/NCC(=O)N1c2ccccc2Sc2ccccc21)c1ccc([N+](=O)[O-])cc1. The van der Waals surface area contributed by atoms with Gasteiger partial charge >= 0.3 is 0 Å². The highest BCUT2D eigenvalue weighted by Gasteiger charge is 2.27. The summed E-state index contributed by atoms with van der Waals surface area (Å²) in [5.74, 6) is -0.129. The molecule has 3 aromatic carbocycles. The van der Waals surface area contributed by atoms with Gasteiger partial charge in [0.05, 0.1) is 22.0 Å². The molecule has 1 aliphatic heterocycles. The third-order valence-corrected chi connectivity index (χ3v) is 5.78. The lowest BCUT2D eigenvalue weighted by Crippen LogP contribution is -2.35. The molecule has 3 aromatic rings. The highest BCUT2D eigenvalue weighted by molar-refractivity contribution is 7.99. The second-order valence-electron chi connectivity index (χ2n) is 6.60. The standard InChI is InChI=1S/C22H18N4O3S/c1-15(16-10-12-17(13-11-16)26(28)29)24-23-14-22(27)25-18-6-2-4-8-20(18)30-21-9-5-3-7-19(21)25/h2-13,23H,14H2,1H3/b24-15-. The number of benzene rings is 3.